The summed E-state index contributed by atoms with van der Waals surface area (Å²) >= 11 is 0. The van der Waals surface area contributed by atoms with Crippen molar-refractivity contribution in [2.45, 2.75) is 13.3 Å². The number of ether oxygens (including phenoxy) is 3. The fourth-order valence-corrected chi connectivity index (χ4v) is 2.21. The lowest BCUT2D eigenvalue weighted by molar-refractivity contribution is -0.115. The van der Waals surface area contributed by atoms with Gasteiger partial charge in [-0.05, 0) is 36.8 Å². The van der Waals surface area contributed by atoms with Crippen LogP contribution in [-0.4, -0.2) is 26.7 Å². The lowest BCUT2D eigenvalue weighted by Crippen LogP contribution is -2.14. The number of benzene rings is 2. The number of carbonyl (C=O) groups excluding carboxylic acids is 1. The van der Waals surface area contributed by atoms with Crippen LogP contribution >= 0.6 is 0 Å². The van der Waals surface area contributed by atoms with Gasteiger partial charge in [0.1, 0.15) is 5.75 Å². The molecule has 2 aromatic carbocycles. The van der Waals surface area contributed by atoms with Crippen molar-refractivity contribution >= 4 is 11.6 Å². The third kappa shape index (κ3) is 4.64. The summed E-state index contributed by atoms with van der Waals surface area (Å²) < 4.78 is 15.9. The maximum absolute atomic E-state index is 12.2. The van der Waals surface area contributed by atoms with Crippen LogP contribution in [0.1, 0.15) is 12.5 Å². The van der Waals surface area contributed by atoms with E-state index >= 15 is 0 Å². The largest absolute Gasteiger partial charge is 0.494 e. The summed E-state index contributed by atoms with van der Waals surface area (Å²) in [6.45, 7) is 2.51. The Labute approximate surface area is 136 Å². The standard InChI is InChI=1S/C18H21NO4/c1-4-23-15-7-5-6-14(12-15)19-18(20)11-13-8-9-16(21-2)17(10-13)22-3/h5-10,12H,4,11H2,1-3H3,(H,19,20). The Balaban J connectivity index is 2.03. The van der Waals surface area contributed by atoms with Crippen LogP contribution in [0.3, 0.4) is 0 Å². The predicted molar refractivity (Wildman–Crippen MR) is 89.5 cm³/mol. The van der Waals surface area contributed by atoms with E-state index in [0.717, 1.165) is 11.3 Å². The summed E-state index contributed by atoms with van der Waals surface area (Å²) in [7, 11) is 3.15. The van der Waals surface area contributed by atoms with Gasteiger partial charge in [-0.25, -0.2) is 0 Å². The number of hydrogen-bond donors (Lipinski definition) is 1. The second-order valence-electron chi connectivity index (χ2n) is 4.88. The Hall–Kier alpha value is -2.69. The molecular weight excluding hydrogens is 294 g/mol. The van der Waals surface area contributed by atoms with Gasteiger partial charge in [0.25, 0.3) is 0 Å². The summed E-state index contributed by atoms with van der Waals surface area (Å²) in [6, 6.07) is 12.8. The van der Waals surface area contributed by atoms with Crippen LogP contribution < -0.4 is 19.5 Å². The summed E-state index contributed by atoms with van der Waals surface area (Å²) in [4.78, 5) is 12.2. The maximum atomic E-state index is 12.2. The van der Waals surface area contributed by atoms with Crippen LogP contribution in [0, 0.1) is 0 Å². The van der Waals surface area contributed by atoms with Gasteiger partial charge in [0.05, 0.1) is 27.2 Å². The lowest BCUT2D eigenvalue weighted by atomic mass is 10.1. The molecular formula is C18H21NO4. The first-order valence-electron chi connectivity index (χ1n) is 7.40. The molecule has 0 heterocycles. The zero-order valence-electron chi connectivity index (χ0n) is 13.6. The summed E-state index contributed by atoms with van der Waals surface area (Å²) in [5, 5.41) is 2.86. The molecule has 5 nitrogen and oxygen atoms in total. The van der Waals surface area contributed by atoms with Gasteiger partial charge in [-0.2, -0.15) is 0 Å². The first kappa shape index (κ1) is 16.7. The highest BCUT2D eigenvalue weighted by atomic mass is 16.5. The number of rotatable bonds is 7. The molecule has 1 amide bonds. The summed E-state index contributed by atoms with van der Waals surface area (Å²) in [6.07, 6.45) is 0.249. The zero-order chi connectivity index (χ0) is 16.7. The molecule has 0 aliphatic rings. The monoisotopic (exact) mass is 315 g/mol. The van der Waals surface area contributed by atoms with Crippen molar-refractivity contribution in [1.29, 1.82) is 0 Å². The Morgan fingerprint density at radius 3 is 2.52 bits per heavy atom. The fourth-order valence-electron chi connectivity index (χ4n) is 2.21. The van der Waals surface area contributed by atoms with Crippen LogP contribution in [0.2, 0.25) is 0 Å². The number of anilines is 1. The molecule has 0 aliphatic carbocycles. The molecule has 0 fully saturated rings. The number of hydrogen-bond acceptors (Lipinski definition) is 4. The van der Waals surface area contributed by atoms with Crippen LogP contribution in [0.4, 0.5) is 5.69 Å². The Morgan fingerprint density at radius 1 is 1.04 bits per heavy atom. The molecule has 0 aromatic heterocycles. The van der Waals surface area contributed by atoms with Crippen LogP contribution in [-0.2, 0) is 11.2 Å². The summed E-state index contributed by atoms with van der Waals surface area (Å²) in [5.41, 5.74) is 1.56. The molecule has 0 bridgehead atoms. The van der Waals surface area contributed by atoms with E-state index in [-0.39, 0.29) is 12.3 Å². The second kappa shape index (κ2) is 8.08. The van der Waals surface area contributed by atoms with E-state index in [0.29, 0.717) is 23.8 Å². The molecule has 122 valence electrons. The van der Waals surface area contributed by atoms with Gasteiger partial charge in [-0.3, -0.25) is 4.79 Å². The minimum Gasteiger partial charge on any atom is -0.494 e. The van der Waals surface area contributed by atoms with Crippen LogP contribution in [0.25, 0.3) is 0 Å². The lowest BCUT2D eigenvalue weighted by Gasteiger charge is -2.10. The minimum atomic E-state index is -0.106. The van der Waals surface area contributed by atoms with Gasteiger partial charge in [0.2, 0.25) is 5.91 Å². The van der Waals surface area contributed by atoms with Crippen molar-refractivity contribution in [1.82, 2.24) is 0 Å². The third-order valence-electron chi connectivity index (χ3n) is 3.24. The zero-order valence-corrected chi connectivity index (χ0v) is 13.6. The third-order valence-corrected chi connectivity index (χ3v) is 3.24. The van der Waals surface area contributed by atoms with Crippen LogP contribution in [0.5, 0.6) is 17.2 Å². The first-order chi connectivity index (χ1) is 11.2. The van der Waals surface area contributed by atoms with E-state index < -0.39 is 0 Å². The highest BCUT2D eigenvalue weighted by Gasteiger charge is 2.09. The molecule has 0 radical (unpaired) electrons. The van der Waals surface area contributed by atoms with E-state index in [1.54, 1.807) is 32.4 Å². The molecule has 0 saturated carbocycles. The number of nitrogens with one attached hydrogen (secondary N) is 1. The van der Waals surface area contributed by atoms with Gasteiger partial charge in [0, 0.05) is 11.8 Å². The number of amides is 1. The van der Waals surface area contributed by atoms with E-state index in [1.807, 2.05) is 31.2 Å². The molecule has 2 rings (SSSR count). The maximum Gasteiger partial charge on any atom is 0.228 e. The number of methoxy groups -OCH3 is 2. The van der Waals surface area contributed by atoms with E-state index in [9.17, 15) is 4.79 Å². The van der Waals surface area contributed by atoms with E-state index in [2.05, 4.69) is 5.32 Å². The molecule has 5 heteroatoms. The molecule has 0 unspecified atom stereocenters. The highest BCUT2D eigenvalue weighted by molar-refractivity contribution is 5.92. The molecule has 0 saturated heterocycles. The second-order valence-corrected chi connectivity index (χ2v) is 4.88. The molecule has 0 aliphatic heterocycles. The normalized spacial score (nSPS) is 10.0. The Bertz CT molecular complexity index is 670. The molecule has 2 aromatic rings. The minimum absolute atomic E-state index is 0.106. The Kier molecular flexibility index (Phi) is 5.86. The fraction of sp³-hybridized carbons (Fsp3) is 0.278. The molecule has 0 spiro atoms. The van der Waals surface area contributed by atoms with Crippen molar-refractivity contribution in [3.05, 3.63) is 48.0 Å². The average molecular weight is 315 g/mol. The molecule has 0 atom stereocenters. The van der Waals surface area contributed by atoms with E-state index in [4.69, 9.17) is 14.2 Å². The van der Waals surface area contributed by atoms with Crippen molar-refractivity contribution in [3.8, 4) is 17.2 Å². The van der Waals surface area contributed by atoms with Crippen molar-refractivity contribution in [2.24, 2.45) is 0 Å². The van der Waals surface area contributed by atoms with Gasteiger partial charge < -0.3 is 19.5 Å². The quantitative estimate of drug-likeness (QED) is 0.852. The van der Waals surface area contributed by atoms with Gasteiger partial charge in [0.15, 0.2) is 11.5 Å². The van der Waals surface area contributed by atoms with Crippen molar-refractivity contribution < 1.29 is 19.0 Å². The smallest absolute Gasteiger partial charge is 0.228 e. The SMILES string of the molecule is CCOc1cccc(NC(=O)Cc2ccc(OC)c(OC)c2)c1. The Morgan fingerprint density at radius 2 is 1.83 bits per heavy atom. The average Bonchev–Trinajstić information content (AvgIpc) is 2.55. The number of carbonyl (C=O) groups is 1. The summed E-state index contributed by atoms with van der Waals surface area (Å²) in [5.74, 6) is 1.87. The van der Waals surface area contributed by atoms with Gasteiger partial charge >= 0.3 is 0 Å². The first-order valence-corrected chi connectivity index (χ1v) is 7.40. The predicted octanol–water partition coefficient (Wildman–Crippen LogP) is 3.28. The van der Waals surface area contributed by atoms with Crippen molar-refractivity contribution in [2.75, 3.05) is 26.1 Å². The van der Waals surface area contributed by atoms with Crippen molar-refractivity contribution in [3.63, 3.8) is 0 Å². The highest BCUT2D eigenvalue weighted by Crippen LogP contribution is 2.27. The van der Waals surface area contributed by atoms with Crippen LogP contribution in [0.15, 0.2) is 42.5 Å². The van der Waals surface area contributed by atoms with E-state index in [1.165, 1.54) is 0 Å². The van der Waals surface area contributed by atoms with Gasteiger partial charge in [-0.1, -0.05) is 12.1 Å². The topological polar surface area (TPSA) is 56.8 Å². The molecule has 23 heavy (non-hydrogen) atoms. The molecule has 1 N–H and O–H groups in total. The van der Waals surface area contributed by atoms with Gasteiger partial charge in [-0.15, -0.1) is 0 Å².